The summed E-state index contributed by atoms with van der Waals surface area (Å²) in [5.74, 6) is -1.38. The first-order valence-corrected chi connectivity index (χ1v) is 6.04. The molecule has 0 saturated carbocycles. The fourth-order valence-electron chi connectivity index (χ4n) is 1.41. The molecule has 0 heterocycles. The number of carbonyl (C=O) groups is 2. The smallest absolute Gasteiger partial charge is 0.326 e. The van der Waals surface area contributed by atoms with Gasteiger partial charge in [0.05, 0.1) is 0 Å². The number of hydrogen-bond donors (Lipinski definition) is 2. The Bertz CT molecular complexity index is 445. The van der Waals surface area contributed by atoms with Gasteiger partial charge in [-0.3, -0.25) is 4.79 Å². The molecule has 0 aliphatic rings. The van der Waals surface area contributed by atoms with Crippen molar-refractivity contribution in [2.24, 2.45) is 0 Å². The summed E-state index contributed by atoms with van der Waals surface area (Å²) in [5, 5.41) is 11.4. The number of rotatable bonds is 4. The summed E-state index contributed by atoms with van der Waals surface area (Å²) in [4.78, 5) is 22.7. The molecular weight excluding hydrogens is 286 g/mol. The van der Waals surface area contributed by atoms with Crippen molar-refractivity contribution in [1.29, 1.82) is 0 Å². The summed E-state index contributed by atoms with van der Waals surface area (Å²) >= 11 is 3.28. The standard InChI is InChI=1S/C12H14BrNO3/c1-3-10(12(16)17)14-11(15)9-6-8(13)5-4-7(9)2/h4-6,10H,3H2,1-2H3,(H,14,15)(H,16,17)/t10-/m1/s1. The van der Waals surface area contributed by atoms with Gasteiger partial charge in [0.15, 0.2) is 0 Å². The second kappa shape index (κ2) is 5.82. The summed E-state index contributed by atoms with van der Waals surface area (Å²) < 4.78 is 0.789. The summed E-state index contributed by atoms with van der Waals surface area (Å²) in [6.45, 7) is 3.52. The average Bonchev–Trinajstić information content (AvgIpc) is 2.28. The molecule has 0 saturated heterocycles. The highest BCUT2D eigenvalue weighted by molar-refractivity contribution is 9.10. The second-order valence-electron chi connectivity index (χ2n) is 3.73. The van der Waals surface area contributed by atoms with Crippen LogP contribution in [0.25, 0.3) is 0 Å². The minimum Gasteiger partial charge on any atom is -0.480 e. The SMILES string of the molecule is CC[C@@H](NC(=O)c1cc(Br)ccc1C)C(=O)O. The van der Waals surface area contributed by atoms with Crippen molar-refractivity contribution in [3.63, 3.8) is 0 Å². The summed E-state index contributed by atoms with van der Waals surface area (Å²) in [5.41, 5.74) is 1.30. The van der Waals surface area contributed by atoms with E-state index < -0.39 is 12.0 Å². The lowest BCUT2D eigenvalue weighted by atomic mass is 10.1. The Balaban J connectivity index is 2.89. The summed E-state index contributed by atoms with van der Waals surface area (Å²) in [6, 6.07) is 4.47. The number of benzene rings is 1. The number of carboxylic acids is 1. The van der Waals surface area contributed by atoms with Gasteiger partial charge in [0, 0.05) is 10.0 Å². The third-order valence-corrected chi connectivity index (χ3v) is 2.95. The molecule has 1 atom stereocenters. The van der Waals surface area contributed by atoms with E-state index in [2.05, 4.69) is 21.2 Å². The van der Waals surface area contributed by atoms with Crippen LogP contribution in [0.5, 0.6) is 0 Å². The van der Waals surface area contributed by atoms with E-state index in [1.165, 1.54) is 0 Å². The van der Waals surface area contributed by atoms with Crippen molar-refractivity contribution in [3.8, 4) is 0 Å². The number of hydrogen-bond acceptors (Lipinski definition) is 2. The fraction of sp³-hybridized carbons (Fsp3) is 0.333. The number of aliphatic carboxylic acids is 1. The lowest BCUT2D eigenvalue weighted by Gasteiger charge is -2.13. The normalized spacial score (nSPS) is 11.9. The Hall–Kier alpha value is -1.36. The zero-order chi connectivity index (χ0) is 13.0. The molecule has 1 rings (SSSR count). The largest absolute Gasteiger partial charge is 0.480 e. The van der Waals surface area contributed by atoms with Gasteiger partial charge in [-0.1, -0.05) is 28.9 Å². The summed E-state index contributed by atoms with van der Waals surface area (Å²) in [7, 11) is 0. The van der Waals surface area contributed by atoms with Crippen LogP contribution in [-0.2, 0) is 4.79 Å². The highest BCUT2D eigenvalue weighted by Gasteiger charge is 2.19. The molecule has 0 spiro atoms. The lowest BCUT2D eigenvalue weighted by molar-refractivity contribution is -0.139. The Kier molecular flexibility index (Phi) is 4.69. The van der Waals surface area contributed by atoms with Gasteiger partial charge in [-0.2, -0.15) is 0 Å². The minimum atomic E-state index is -1.02. The fourth-order valence-corrected chi connectivity index (χ4v) is 1.77. The van der Waals surface area contributed by atoms with Crippen molar-refractivity contribution in [3.05, 3.63) is 33.8 Å². The van der Waals surface area contributed by atoms with Crippen molar-refractivity contribution in [2.45, 2.75) is 26.3 Å². The lowest BCUT2D eigenvalue weighted by Crippen LogP contribution is -2.40. The zero-order valence-corrected chi connectivity index (χ0v) is 11.2. The van der Waals surface area contributed by atoms with Gasteiger partial charge in [0.2, 0.25) is 0 Å². The molecule has 0 bridgehead atoms. The van der Waals surface area contributed by atoms with E-state index in [0.29, 0.717) is 12.0 Å². The molecule has 0 aromatic heterocycles. The van der Waals surface area contributed by atoms with Crippen molar-refractivity contribution in [1.82, 2.24) is 5.32 Å². The highest BCUT2D eigenvalue weighted by Crippen LogP contribution is 2.16. The van der Waals surface area contributed by atoms with Gasteiger partial charge in [-0.05, 0) is 31.0 Å². The van der Waals surface area contributed by atoms with Gasteiger partial charge < -0.3 is 10.4 Å². The minimum absolute atomic E-state index is 0.355. The molecule has 92 valence electrons. The van der Waals surface area contributed by atoms with Gasteiger partial charge in [-0.25, -0.2) is 4.79 Å². The van der Waals surface area contributed by atoms with E-state index in [1.807, 2.05) is 13.0 Å². The van der Waals surface area contributed by atoms with Crippen LogP contribution in [0.3, 0.4) is 0 Å². The van der Waals surface area contributed by atoms with Crippen molar-refractivity contribution >= 4 is 27.8 Å². The highest BCUT2D eigenvalue weighted by atomic mass is 79.9. The topological polar surface area (TPSA) is 66.4 Å². The average molecular weight is 300 g/mol. The van der Waals surface area contributed by atoms with Crippen LogP contribution < -0.4 is 5.32 Å². The van der Waals surface area contributed by atoms with E-state index in [0.717, 1.165) is 10.0 Å². The third-order valence-electron chi connectivity index (χ3n) is 2.46. The van der Waals surface area contributed by atoms with Crippen molar-refractivity contribution < 1.29 is 14.7 Å². The van der Waals surface area contributed by atoms with E-state index in [-0.39, 0.29) is 5.91 Å². The molecule has 0 unspecified atom stereocenters. The monoisotopic (exact) mass is 299 g/mol. The van der Waals surface area contributed by atoms with Crippen LogP contribution in [0.4, 0.5) is 0 Å². The molecule has 0 aliphatic heterocycles. The van der Waals surface area contributed by atoms with Crippen LogP contribution in [-0.4, -0.2) is 23.0 Å². The molecule has 2 N–H and O–H groups in total. The Labute approximate surface area is 108 Å². The Morgan fingerprint density at radius 3 is 2.65 bits per heavy atom. The van der Waals surface area contributed by atoms with Gasteiger partial charge in [-0.15, -0.1) is 0 Å². The number of aryl methyl sites for hydroxylation is 1. The molecule has 4 nitrogen and oxygen atoms in total. The number of nitrogens with one attached hydrogen (secondary N) is 1. The van der Waals surface area contributed by atoms with Gasteiger partial charge in [0.25, 0.3) is 5.91 Å². The molecular formula is C12H14BrNO3. The van der Waals surface area contributed by atoms with E-state index >= 15 is 0 Å². The van der Waals surface area contributed by atoms with E-state index in [9.17, 15) is 9.59 Å². The number of halogens is 1. The van der Waals surface area contributed by atoms with Gasteiger partial charge >= 0.3 is 5.97 Å². The first-order chi connectivity index (χ1) is 7.95. The molecule has 5 heteroatoms. The molecule has 1 amide bonds. The maximum absolute atomic E-state index is 11.9. The van der Waals surface area contributed by atoms with Crippen LogP contribution in [0.1, 0.15) is 29.3 Å². The van der Waals surface area contributed by atoms with Gasteiger partial charge in [0.1, 0.15) is 6.04 Å². The second-order valence-corrected chi connectivity index (χ2v) is 4.65. The predicted octanol–water partition coefficient (Wildman–Crippen LogP) is 2.35. The predicted molar refractivity (Wildman–Crippen MR) is 68.1 cm³/mol. The van der Waals surface area contributed by atoms with Crippen LogP contribution in [0.2, 0.25) is 0 Å². The maximum atomic E-state index is 11.9. The molecule has 1 aromatic rings. The molecule has 17 heavy (non-hydrogen) atoms. The number of amides is 1. The number of carbonyl (C=O) groups excluding carboxylic acids is 1. The van der Waals surface area contributed by atoms with Crippen LogP contribution in [0.15, 0.2) is 22.7 Å². The number of carboxylic acid groups (broad SMARTS) is 1. The van der Waals surface area contributed by atoms with Crippen LogP contribution in [0, 0.1) is 6.92 Å². The summed E-state index contributed by atoms with van der Waals surface area (Å²) in [6.07, 6.45) is 0.355. The first kappa shape index (κ1) is 13.7. The molecule has 0 radical (unpaired) electrons. The molecule has 0 aliphatic carbocycles. The Morgan fingerprint density at radius 1 is 1.47 bits per heavy atom. The molecule has 1 aromatic carbocycles. The maximum Gasteiger partial charge on any atom is 0.326 e. The van der Waals surface area contributed by atoms with E-state index in [4.69, 9.17) is 5.11 Å². The van der Waals surface area contributed by atoms with Crippen LogP contribution >= 0.6 is 15.9 Å². The Morgan fingerprint density at radius 2 is 2.12 bits per heavy atom. The molecule has 0 fully saturated rings. The third kappa shape index (κ3) is 3.56. The first-order valence-electron chi connectivity index (χ1n) is 5.25. The van der Waals surface area contributed by atoms with E-state index in [1.54, 1.807) is 19.1 Å². The quantitative estimate of drug-likeness (QED) is 0.897. The van der Waals surface area contributed by atoms with Crippen molar-refractivity contribution in [2.75, 3.05) is 0 Å². The zero-order valence-electron chi connectivity index (χ0n) is 9.66.